The zero-order valence-electron chi connectivity index (χ0n) is 37.2. The Kier molecular flexibility index (Phi) is 32.1. The molecular weight excluding hydrogens is 776 g/mol. The van der Waals surface area contributed by atoms with Gasteiger partial charge in [-0.2, -0.15) is 0 Å². The first-order chi connectivity index (χ1) is 29.1. The third-order valence-corrected chi connectivity index (χ3v) is 11.5. The second-order valence-corrected chi connectivity index (χ2v) is 16.9. The quantitative estimate of drug-likeness (QED) is 0.0220. The zero-order chi connectivity index (χ0) is 43.8. The van der Waals surface area contributed by atoms with Gasteiger partial charge >= 0.3 is 5.97 Å². The largest absolute Gasteiger partial charge is 0.457 e. The normalized spacial score (nSPS) is 27.8. The molecule has 2 rings (SSSR count). The first-order valence-corrected chi connectivity index (χ1v) is 23.8. The number of ether oxygens (including phenoxy) is 6. The number of carbonyl (C=O) groups is 1. The van der Waals surface area contributed by atoms with Crippen LogP contribution < -0.4 is 0 Å². The van der Waals surface area contributed by atoms with E-state index in [0.29, 0.717) is 13.0 Å². The summed E-state index contributed by atoms with van der Waals surface area (Å²) in [7, 11) is 0. The maximum absolute atomic E-state index is 12.8. The molecule has 2 aliphatic heterocycles. The SMILES string of the molecule is CCCCCCCCC/C=C\CCCCCCCCCCOCC(COC1OC(COC2OC(CO)C(O)C(O)C2O)C(O)C(O)C1O)OC(=O)CCCCCCCCC. The molecule has 0 saturated carbocycles. The molecule has 7 N–H and O–H groups in total. The van der Waals surface area contributed by atoms with E-state index in [1.807, 2.05) is 0 Å². The lowest BCUT2D eigenvalue weighted by Crippen LogP contribution is -2.61. The smallest absolute Gasteiger partial charge is 0.306 e. The van der Waals surface area contributed by atoms with Crippen molar-refractivity contribution in [1.82, 2.24) is 0 Å². The fourth-order valence-corrected chi connectivity index (χ4v) is 7.57. The first-order valence-electron chi connectivity index (χ1n) is 23.8. The minimum Gasteiger partial charge on any atom is -0.457 e. The van der Waals surface area contributed by atoms with Crippen LogP contribution in [0.25, 0.3) is 0 Å². The fraction of sp³-hybridized carbons (Fsp3) is 0.935. The van der Waals surface area contributed by atoms with Crippen molar-refractivity contribution in [1.29, 1.82) is 0 Å². The molecule has 0 aromatic carbocycles. The number of hydrogen-bond donors (Lipinski definition) is 7. The van der Waals surface area contributed by atoms with Crippen molar-refractivity contribution >= 4 is 5.97 Å². The van der Waals surface area contributed by atoms with E-state index in [1.165, 1.54) is 109 Å². The summed E-state index contributed by atoms with van der Waals surface area (Å²) < 4.78 is 34.1. The molecule has 354 valence electrons. The van der Waals surface area contributed by atoms with Crippen LogP contribution in [-0.4, -0.2) is 142 Å². The van der Waals surface area contributed by atoms with E-state index in [-0.39, 0.29) is 25.6 Å². The Balaban J connectivity index is 1.73. The van der Waals surface area contributed by atoms with E-state index in [1.54, 1.807) is 0 Å². The molecule has 0 radical (unpaired) electrons. The van der Waals surface area contributed by atoms with Crippen molar-refractivity contribution in [2.45, 2.75) is 242 Å². The van der Waals surface area contributed by atoms with Crippen molar-refractivity contribution in [3.05, 3.63) is 12.2 Å². The Morgan fingerprint density at radius 2 is 0.983 bits per heavy atom. The Labute approximate surface area is 361 Å². The average molecular weight is 863 g/mol. The van der Waals surface area contributed by atoms with Gasteiger partial charge in [-0.3, -0.25) is 4.79 Å². The van der Waals surface area contributed by atoms with Gasteiger partial charge in [0, 0.05) is 13.0 Å². The van der Waals surface area contributed by atoms with E-state index in [2.05, 4.69) is 26.0 Å². The Hall–Kier alpha value is -1.27. The summed E-state index contributed by atoms with van der Waals surface area (Å²) in [5, 5.41) is 71.8. The summed E-state index contributed by atoms with van der Waals surface area (Å²) in [5.41, 5.74) is 0. The van der Waals surface area contributed by atoms with Gasteiger partial charge in [-0.25, -0.2) is 0 Å². The summed E-state index contributed by atoms with van der Waals surface area (Å²) >= 11 is 0. The molecule has 60 heavy (non-hydrogen) atoms. The molecule has 0 aromatic rings. The van der Waals surface area contributed by atoms with Crippen molar-refractivity contribution in [2.75, 3.05) is 33.0 Å². The van der Waals surface area contributed by atoms with E-state index in [4.69, 9.17) is 28.4 Å². The lowest BCUT2D eigenvalue weighted by Gasteiger charge is -2.42. The van der Waals surface area contributed by atoms with E-state index < -0.39 is 80.7 Å². The first kappa shape index (κ1) is 54.9. The predicted molar refractivity (Wildman–Crippen MR) is 229 cm³/mol. The molecule has 0 spiro atoms. The third-order valence-electron chi connectivity index (χ3n) is 11.5. The van der Waals surface area contributed by atoms with Crippen molar-refractivity contribution < 1.29 is 69.0 Å². The third kappa shape index (κ3) is 23.4. The summed E-state index contributed by atoms with van der Waals surface area (Å²) in [6, 6.07) is 0. The van der Waals surface area contributed by atoms with Crippen molar-refractivity contribution in [3.63, 3.8) is 0 Å². The lowest BCUT2D eigenvalue weighted by atomic mass is 9.98. The molecule has 2 fully saturated rings. The van der Waals surface area contributed by atoms with Gasteiger partial charge in [0.15, 0.2) is 12.6 Å². The molecular formula is C46H86O14. The molecule has 2 aliphatic rings. The summed E-state index contributed by atoms with van der Waals surface area (Å²) in [4.78, 5) is 12.8. The van der Waals surface area contributed by atoms with Crippen LogP contribution in [0, 0.1) is 0 Å². The predicted octanol–water partition coefficient (Wildman–Crippen LogP) is 5.90. The highest BCUT2D eigenvalue weighted by Gasteiger charge is 2.47. The molecule has 0 aliphatic carbocycles. The Morgan fingerprint density at radius 3 is 1.52 bits per heavy atom. The molecule has 14 nitrogen and oxygen atoms in total. The highest BCUT2D eigenvalue weighted by molar-refractivity contribution is 5.69. The summed E-state index contributed by atoms with van der Waals surface area (Å²) in [6.07, 6.45) is 17.4. The maximum Gasteiger partial charge on any atom is 0.306 e. The van der Waals surface area contributed by atoms with E-state index in [0.717, 1.165) is 38.5 Å². The number of aliphatic hydroxyl groups excluding tert-OH is 7. The molecule has 0 amide bonds. The van der Waals surface area contributed by atoms with E-state index >= 15 is 0 Å². The van der Waals surface area contributed by atoms with Gasteiger partial charge in [0.2, 0.25) is 0 Å². The van der Waals surface area contributed by atoms with Crippen molar-refractivity contribution in [3.8, 4) is 0 Å². The van der Waals surface area contributed by atoms with Crippen LogP contribution in [-0.2, 0) is 33.2 Å². The maximum atomic E-state index is 12.8. The molecule has 11 unspecified atom stereocenters. The van der Waals surface area contributed by atoms with Gasteiger partial charge in [0.25, 0.3) is 0 Å². The van der Waals surface area contributed by atoms with Crippen LogP contribution in [0.15, 0.2) is 12.2 Å². The highest BCUT2D eigenvalue weighted by atomic mass is 16.7. The topological polar surface area (TPSA) is 214 Å². The lowest BCUT2D eigenvalue weighted by molar-refractivity contribution is -0.332. The second-order valence-electron chi connectivity index (χ2n) is 16.9. The van der Waals surface area contributed by atoms with E-state index in [9.17, 15) is 40.5 Å². The number of allylic oxidation sites excluding steroid dienone is 2. The highest BCUT2D eigenvalue weighted by Crippen LogP contribution is 2.26. The van der Waals surface area contributed by atoms with Gasteiger partial charge in [-0.05, 0) is 38.5 Å². The minimum absolute atomic E-state index is 0.0634. The molecule has 0 aromatic heterocycles. The van der Waals surface area contributed by atoms with Crippen molar-refractivity contribution in [2.24, 2.45) is 0 Å². The summed E-state index contributed by atoms with van der Waals surface area (Å²) in [5.74, 6) is -0.383. The van der Waals surface area contributed by atoms with Crippen LogP contribution in [0.4, 0.5) is 0 Å². The van der Waals surface area contributed by atoms with Crippen LogP contribution in [0.1, 0.15) is 174 Å². The Bertz CT molecular complexity index is 1050. The van der Waals surface area contributed by atoms with Crippen LogP contribution in [0.3, 0.4) is 0 Å². The molecule has 2 saturated heterocycles. The molecule has 2 heterocycles. The minimum atomic E-state index is -1.70. The number of aliphatic hydroxyl groups is 7. The number of rotatable bonds is 37. The van der Waals surface area contributed by atoms with Gasteiger partial charge in [-0.15, -0.1) is 0 Å². The number of carbonyl (C=O) groups excluding carboxylic acids is 1. The number of unbranched alkanes of at least 4 members (excludes halogenated alkanes) is 21. The standard InChI is InChI=1S/C46H86O14/c1-3-5-7-9-11-12-13-14-15-16-17-18-19-20-21-22-24-26-28-30-55-32-35(58-38(48)29-27-25-23-10-8-6-4-2)33-56-45-44(54)42(52)40(50)37(60-45)34-57-46-43(53)41(51)39(49)36(31-47)59-46/h15-16,35-37,39-47,49-54H,3-14,17-34H2,1-2H3/b16-15-. The monoisotopic (exact) mass is 863 g/mol. The molecule has 14 heteroatoms. The van der Waals surface area contributed by atoms with Crippen LogP contribution in [0.2, 0.25) is 0 Å². The van der Waals surface area contributed by atoms with Gasteiger partial charge in [0.1, 0.15) is 54.9 Å². The Morgan fingerprint density at radius 1 is 0.533 bits per heavy atom. The number of esters is 1. The van der Waals surface area contributed by atoms with Crippen LogP contribution >= 0.6 is 0 Å². The fourth-order valence-electron chi connectivity index (χ4n) is 7.57. The summed E-state index contributed by atoms with van der Waals surface area (Å²) in [6.45, 7) is 3.63. The van der Waals surface area contributed by atoms with Gasteiger partial charge < -0.3 is 64.2 Å². The molecule has 11 atom stereocenters. The average Bonchev–Trinajstić information content (AvgIpc) is 3.24. The van der Waals surface area contributed by atoms with Gasteiger partial charge in [-0.1, -0.05) is 142 Å². The van der Waals surface area contributed by atoms with Gasteiger partial charge in [0.05, 0.1) is 26.4 Å². The molecule has 0 bridgehead atoms. The number of hydrogen-bond acceptors (Lipinski definition) is 14. The zero-order valence-corrected chi connectivity index (χ0v) is 37.2. The second kappa shape index (κ2) is 35.1. The van der Waals surface area contributed by atoms with Crippen LogP contribution in [0.5, 0.6) is 0 Å².